The van der Waals surface area contributed by atoms with E-state index < -0.39 is 0 Å². The molecule has 1 aliphatic heterocycles. The number of nitrogens with one attached hydrogen (secondary N) is 1. The minimum Gasteiger partial charge on any atom is -0.324 e. The Kier molecular flexibility index (Phi) is 5.36. The molecule has 1 saturated heterocycles. The molecule has 0 radical (unpaired) electrons. The molecule has 6 nitrogen and oxygen atoms in total. The molecule has 1 aromatic carbocycles. The minimum atomic E-state index is -0.0173. The summed E-state index contributed by atoms with van der Waals surface area (Å²) < 4.78 is 2.07. The van der Waals surface area contributed by atoms with Gasteiger partial charge in [0.05, 0.1) is 0 Å². The third kappa shape index (κ3) is 3.67. The highest BCUT2D eigenvalue weighted by Crippen LogP contribution is 2.27. The highest BCUT2D eigenvalue weighted by molar-refractivity contribution is 5.91. The third-order valence-electron chi connectivity index (χ3n) is 5.03. The lowest BCUT2D eigenvalue weighted by molar-refractivity contribution is 0.190. The van der Waals surface area contributed by atoms with Crippen LogP contribution in [0.1, 0.15) is 49.6 Å². The van der Waals surface area contributed by atoms with E-state index in [1.807, 2.05) is 24.0 Å². The molecule has 1 N–H and O–H groups in total. The van der Waals surface area contributed by atoms with E-state index in [0.717, 1.165) is 49.4 Å². The fraction of sp³-hybridized carbons (Fsp3) is 0.526. The van der Waals surface area contributed by atoms with Crippen LogP contribution in [0.2, 0.25) is 0 Å². The number of likely N-dealkylation sites (tertiary alicyclic amines) is 1. The molecule has 2 aromatic rings. The number of rotatable bonds is 4. The van der Waals surface area contributed by atoms with Gasteiger partial charge in [-0.05, 0) is 44.2 Å². The summed E-state index contributed by atoms with van der Waals surface area (Å²) in [7, 11) is 0. The van der Waals surface area contributed by atoms with E-state index in [2.05, 4.69) is 40.0 Å². The Labute approximate surface area is 149 Å². The predicted molar refractivity (Wildman–Crippen MR) is 98.8 cm³/mol. The number of piperidine rings is 1. The van der Waals surface area contributed by atoms with Crippen molar-refractivity contribution in [3.05, 3.63) is 41.5 Å². The Morgan fingerprint density at radius 1 is 1.36 bits per heavy atom. The molecule has 1 atom stereocenters. The largest absolute Gasteiger partial charge is 0.324 e. The summed E-state index contributed by atoms with van der Waals surface area (Å²) in [5.74, 6) is 1.25. The topological polar surface area (TPSA) is 63.1 Å². The number of hydrogen-bond donors (Lipinski definition) is 1. The van der Waals surface area contributed by atoms with Gasteiger partial charge in [0.1, 0.15) is 12.2 Å². The number of carbonyl (C=O) groups excluding carboxylic acids is 1. The molecule has 3 rings (SSSR count). The molecule has 1 aliphatic rings. The van der Waals surface area contributed by atoms with Gasteiger partial charge in [0, 0.05) is 31.2 Å². The second-order valence-electron chi connectivity index (χ2n) is 6.65. The van der Waals surface area contributed by atoms with Crippen molar-refractivity contribution in [3.8, 4) is 0 Å². The zero-order valence-electron chi connectivity index (χ0n) is 15.3. The monoisotopic (exact) mass is 341 g/mol. The van der Waals surface area contributed by atoms with Gasteiger partial charge in [-0.1, -0.05) is 25.1 Å². The lowest BCUT2D eigenvalue weighted by Gasteiger charge is -2.32. The molecule has 1 fully saturated rings. The second-order valence-corrected chi connectivity index (χ2v) is 6.65. The number of hydrogen-bond acceptors (Lipinski definition) is 3. The van der Waals surface area contributed by atoms with Crippen LogP contribution in [0.25, 0.3) is 0 Å². The molecule has 1 aromatic heterocycles. The Morgan fingerprint density at radius 2 is 2.20 bits per heavy atom. The molecule has 25 heavy (non-hydrogen) atoms. The number of urea groups is 1. The maximum Gasteiger partial charge on any atom is 0.321 e. The fourth-order valence-electron chi connectivity index (χ4n) is 3.58. The van der Waals surface area contributed by atoms with Crippen molar-refractivity contribution in [1.82, 2.24) is 19.7 Å². The van der Waals surface area contributed by atoms with E-state index in [1.165, 1.54) is 5.56 Å². The molecular weight excluding hydrogens is 314 g/mol. The van der Waals surface area contributed by atoms with Gasteiger partial charge in [0.25, 0.3) is 0 Å². The third-order valence-corrected chi connectivity index (χ3v) is 5.03. The molecule has 2 amide bonds. The van der Waals surface area contributed by atoms with Crippen LogP contribution in [-0.2, 0) is 13.0 Å². The summed E-state index contributed by atoms with van der Waals surface area (Å²) in [5.41, 5.74) is 3.23. The first-order valence-corrected chi connectivity index (χ1v) is 9.16. The van der Waals surface area contributed by atoms with E-state index in [9.17, 15) is 4.79 Å². The van der Waals surface area contributed by atoms with Gasteiger partial charge in [-0.2, -0.15) is 0 Å². The Bertz CT molecular complexity index is 739. The average molecular weight is 341 g/mol. The number of aryl methyl sites for hydroxylation is 3. The highest BCUT2D eigenvalue weighted by atomic mass is 16.2. The van der Waals surface area contributed by atoms with Gasteiger partial charge in [-0.15, -0.1) is 10.2 Å². The Morgan fingerprint density at radius 3 is 2.96 bits per heavy atom. The smallest absolute Gasteiger partial charge is 0.321 e. The van der Waals surface area contributed by atoms with E-state index in [4.69, 9.17) is 0 Å². The summed E-state index contributed by atoms with van der Waals surface area (Å²) in [6.45, 7) is 8.57. The van der Waals surface area contributed by atoms with Crippen LogP contribution in [-0.4, -0.2) is 38.8 Å². The van der Waals surface area contributed by atoms with Crippen LogP contribution in [0.3, 0.4) is 0 Å². The Balaban J connectivity index is 1.73. The van der Waals surface area contributed by atoms with E-state index in [-0.39, 0.29) is 11.9 Å². The maximum atomic E-state index is 12.8. The zero-order valence-corrected chi connectivity index (χ0v) is 15.3. The number of benzene rings is 1. The molecule has 1 unspecified atom stereocenters. The number of aromatic nitrogens is 3. The van der Waals surface area contributed by atoms with Crippen molar-refractivity contribution in [2.45, 2.75) is 52.5 Å². The highest BCUT2D eigenvalue weighted by Gasteiger charge is 2.28. The van der Waals surface area contributed by atoms with Gasteiger partial charge in [0.2, 0.25) is 0 Å². The van der Waals surface area contributed by atoms with Gasteiger partial charge in [0.15, 0.2) is 0 Å². The van der Waals surface area contributed by atoms with Crippen molar-refractivity contribution in [1.29, 1.82) is 0 Å². The molecule has 2 heterocycles. The molecular formula is C19H27N5O. The summed E-state index contributed by atoms with van der Waals surface area (Å²) in [6.07, 6.45) is 4.71. The quantitative estimate of drug-likeness (QED) is 0.924. The predicted octanol–water partition coefficient (Wildman–Crippen LogP) is 3.58. The number of nitrogens with zero attached hydrogens (tertiary/aromatic N) is 4. The minimum absolute atomic E-state index is 0.0173. The van der Waals surface area contributed by atoms with E-state index in [1.54, 1.807) is 6.33 Å². The molecule has 0 spiro atoms. The lowest BCUT2D eigenvalue weighted by Crippen LogP contribution is -2.42. The van der Waals surface area contributed by atoms with Crippen LogP contribution in [0, 0.1) is 6.92 Å². The molecule has 134 valence electrons. The summed E-state index contributed by atoms with van der Waals surface area (Å²) in [6, 6.07) is 6.14. The van der Waals surface area contributed by atoms with Crippen LogP contribution in [0.5, 0.6) is 0 Å². The summed E-state index contributed by atoms with van der Waals surface area (Å²) >= 11 is 0. The maximum absolute atomic E-state index is 12.8. The van der Waals surface area contributed by atoms with Gasteiger partial charge in [-0.25, -0.2) is 4.79 Å². The lowest BCUT2D eigenvalue weighted by atomic mass is 9.97. The van der Waals surface area contributed by atoms with Gasteiger partial charge in [-0.3, -0.25) is 0 Å². The molecule has 0 saturated carbocycles. The van der Waals surface area contributed by atoms with Crippen molar-refractivity contribution < 1.29 is 4.79 Å². The van der Waals surface area contributed by atoms with Crippen LogP contribution >= 0.6 is 0 Å². The second kappa shape index (κ2) is 7.68. The molecule has 0 bridgehead atoms. The SMILES string of the molecule is CCc1cccc(C)c1NC(=O)N1CCCC(c2nncn2CC)C1. The first kappa shape index (κ1) is 17.5. The van der Waals surface area contributed by atoms with Crippen LogP contribution in [0.4, 0.5) is 10.5 Å². The van der Waals surface area contributed by atoms with Crippen molar-refractivity contribution >= 4 is 11.7 Å². The average Bonchev–Trinajstić information content (AvgIpc) is 3.12. The molecule has 0 aliphatic carbocycles. The van der Waals surface area contributed by atoms with Crippen molar-refractivity contribution in [2.24, 2.45) is 0 Å². The van der Waals surface area contributed by atoms with Gasteiger partial charge >= 0.3 is 6.03 Å². The van der Waals surface area contributed by atoms with Crippen molar-refractivity contribution in [2.75, 3.05) is 18.4 Å². The normalized spacial score (nSPS) is 17.6. The zero-order chi connectivity index (χ0) is 17.8. The number of anilines is 1. The summed E-state index contributed by atoms with van der Waals surface area (Å²) in [4.78, 5) is 14.7. The van der Waals surface area contributed by atoms with E-state index >= 15 is 0 Å². The number of amides is 2. The van der Waals surface area contributed by atoms with Crippen LogP contribution < -0.4 is 5.32 Å². The standard InChI is InChI=1S/C19H27N5O/c1-4-15-9-6-8-14(3)17(15)21-19(25)24-11-7-10-16(12-24)18-22-20-13-23(18)5-2/h6,8-9,13,16H,4-5,7,10-12H2,1-3H3,(H,21,25). The van der Waals surface area contributed by atoms with Gasteiger partial charge < -0.3 is 14.8 Å². The van der Waals surface area contributed by atoms with Crippen LogP contribution in [0.15, 0.2) is 24.5 Å². The van der Waals surface area contributed by atoms with E-state index in [0.29, 0.717) is 6.54 Å². The summed E-state index contributed by atoms with van der Waals surface area (Å²) in [5, 5.41) is 11.5. The number of carbonyl (C=O) groups is 1. The van der Waals surface area contributed by atoms with Crippen molar-refractivity contribution in [3.63, 3.8) is 0 Å². The Hall–Kier alpha value is -2.37. The first-order chi connectivity index (χ1) is 12.1. The molecule has 6 heteroatoms. The fourth-order valence-corrected chi connectivity index (χ4v) is 3.58. The first-order valence-electron chi connectivity index (χ1n) is 9.16. The number of para-hydroxylation sites is 1.